The number of hydrogen-bond donors (Lipinski definition) is 1. The van der Waals surface area contributed by atoms with E-state index in [4.69, 9.17) is 5.11 Å². The van der Waals surface area contributed by atoms with E-state index in [9.17, 15) is 9.59 Å². The Bertz CT molecular complexity index is 187. The molecule has 0 aromatic rings. The van der Waals surface area contributed by atoms with Crippen LogP contribution in [0.2, 0.25) is 0 Å². The molecule has 1 N–H and O–H groups in total. The molecule has 0 rings (SSSR count). The first-order valence-electron chi connectivity index (χ1n) is 3.79. The van der Waals surface area contributed by atoms with Crippen molar-refractivity contribution < 1.29 is 19.4 Å². The lowest BCUT2D eigenvalue weighted by Gasteiger charge is -2.21. The largest absolute Gasteiger partial charge is 0.481 e. The molecule has 0 fully saturated rings. The van der Waals surface area contributed by atoms with E-state index in [0.29, 0.717) is 6.42 Å². The average molecular weight is 174 g/mol. The van der Waals surface area contributed by atoms with Crippen molar-refractivity contribution >= 4 is 11.9 Å². The van der Waals surface area contributed by atoms with E-state index in [0.717, 1.165) is 0 Å². The van der Waals surface area contributed by atoms with E-state index in [1.807, 2.05) is 0 Å². The molecule has 70 valence electrons. The summed E-state index contributed by atoms with van der Waals surface area (Å²) >= 11 is 0. The molecule has 0 spiro atoms. The highest BCUT2D eigenvalue weighted by atomic mass is 16.5. The van der Waals surface area contributed by atoms with E-state index in [1.165, 1.54) is 6.92 Å². The van der Waals surface area contributed by atoms with Gasteiger partial charge in [-0.3, -0.25) is 9.59 Å². The molecule has 0 aliphatic heterocycles. The molecule has 4 nitrogen and oxygen atoms in total. The maximum Gasteiger partial charge on any atom is 0.312 e. The van der Waals surface area contributed by atoms with Crippen LogP contribution in [0.4, 0.5) is 0 Å². The molecule has 0 aromatic heterocycles. The summed E-state index contributed by atoms with van der Waals surface area (Å²) in [6.45, 7) is 4.50. The summed E-state index contributed by atoms with van der Waals surface area (Å²) in [5, 5.41) is 8.75. The Morgan fingerprint density at radius 3 is 2.25 bits per heavy atom. The Morgan fingerprint density at radius 1 is 1.50 bits per heavy atom. The fourth-order valence-corrected chi connectivity index (χ4v) is 0.576. The van der Waals surface area contributed by atoms with Crippen LogP contribution in [0.1, 0.15) is 27.2 Å². The lowest BCUT2D eigenvalue weighted by atomic mass is 9.89. The minimum absolute atomic E-state index is 0.0613. The molecular formula is C8H14O4. The molecule has 12 heavy (non-hydrogen) atoms. The van der Waals surface area contributed by atoms with Crippen LogP contribution in [0.15, 0.2) is 0 Å². The first-order chi connectivity index (χ1) is 5.42. The number of carboxylic acids is 1. The van der Waals surface area contributed by atoms with Gasteiger partial charge in [0.1, 0.15) is 6.61 Å². The second-order valence-electron chi connectivity index (χ2n) is 3.00. The minimum Gasteiger partial charge on any atom is -0.481 e. The van der Waals surface area contributed by atoms with E-state index >= 15 is 0 Å². The Morgan fingerprint density at radius 2 is 2.00 bits per heavy atom. The standard InChI is InChI=1S/C8H14O4/c1-4-8(3,7(10)11)5-12-6(2)9/h4-5H2,1-3H3,(H,10,11). The van der Waals surface area contributed by atoms with Crippen LogP contribution >= 0.6 is 0 Å². The number of aliphatic carboxylic acids is 1. The molecule has 0 saturated heterocycles. The van der Waals surface area contributed by atoms with Crippen molar-refractivity contribution in [2.24, 2.45) is 5.41 Å². The van der Waals surface area contributed by atoms with Gasteiger partial charge in [0.25, 0.3) is 0 Å². The fourth-order valence-electron chi connectivity index (χ4n) is 0.576. The summed E-state index contributed by atoms with van der Waals surface area (Å²) in [7, 11) is 0. The predicted octanol–water partition coefficient (Wildman–Crippen LogP) is 1.05. The van der Waals surface area contributed by atoms with E-state index in [1.54, 1.807) is 13.8 Å². The van der Waals surface area contributed by atoms with Gasteiger partial charge < -0.3 is 9.84 Å². The summed E-state index contributed by atoms with van der Waals surface area (Å²) < 4.78 is 4.64. The van der Waals surface area contributed by atoms with Crippen molar-refractivity contribution in [3.8, 4) is 0 Å². The summed E-state index contributed by atoms with van der Waals surface area (Å²) in [5.41, 5.74) is -0.953. The van der Waals surface area contributed by atoms with Crippen LogP contribution in [0.5, 0.6) is 0 Å². The highest BCUT2D eigenvalue weighted by molar-refractivity contribution is 5.75. The van der Waals surface area contributed by atoms with Gasteiger partial charge in [-0.2, -0.15) is 0 Å². The smallest absolute Gasteiger partial charge is 0.312 e. The minimum atomic E-state index is -0.953. The first-order valence-corrected chi connectivity index (χ1v) is 3.79. The normalized spacial score (nSPS) is 14.9. The van der Waals surface area contributed by atoms with Crippen molar-refractivity contribution in [1.29, 1.82) is 0 Å². The third kappa shape index (κ3) is 2.90. The van der Waals surface area contributed by atoms with Crippen LogP contribution in [-0.4, -0.2) is 23.7 Å². The summed E-state index contributed by atoms with van der Waals surface area (Å²) in [4.78, 5) is 21.1. The predicted molar refractivity (Wildman–Crippen MR) is 42.7 cm³/mol. The lowest BCUT2D eigenvalue weighted by Crippen LogP contribution is -2.32. The van der Waals surface area contributed by atoms with Gasteiger partial charge in [-0.05, 0) is 13.3 Å². The number of carbonyl (C=O) groups excluding carboxylic acids is 1. The van der Waals surface area contributed by atoms with Crippen LogP contribution in [-0.2, 0) is 14.3 Å². The number of esters is 1. The number of hydrogen-bond acceptors (Lipinski definition) is 3. The van der Waals surface area contributed by atoms with Crippen LogP contribution in [0, 0.1) is 5.41 Å². The van der Waals surface area contributed by atoms with Crippen LogP contribution < -0.4 is 0 Å². The Kier molecular flexibility index (Phi) is 3.73. The number of carboxylic acid groups (broad SMARTS) is 1. The molecule has 1 atom stereocenters. The summed E-state index contributed by atoms with van der Waals surface area (Å²) in [6, 6.07) is 0. The molecule has 0 aliphatic rings. The van der Waals surface area contributed by atoms with Crippen LogP contribution in [0.3, 0.4) is 0 Å². The summed E-state index contributed by atoms with van der Waals surface area (Å²) in [5.74, 6) is -1.39. The molecular weight excluding hydrogens is 160 g/mol. The first kappa shape index (κ1) is 10.9. The van der Waals surface area contributed by atoms with Crippen LogP contribution in [0.25, 0.3) is 0 Å². The number of rotatable bonds is 4. The van der Waals surface area contributed by atoms with Crippen molar-refractivity contribution in [2.45, 2.75) is 27.2 Å². The van der Waals surface area contributed by atoms with Crippen molar-refractivity contribution in [3.63, 3.8) is 0 Å². The van der Waals surface area contributed by atoms with Crippen molar-refractivity contribution in [3.05, 3.63) is 0 Å². The topological polar surface area (TPSA) is 63.6 Å². The van der Waals surface area contributed by atoms with Gasteiger partial charge in [0.2, 0.25) is 0 Å². The third-order valence-corrected chi connectivity index (χ3v) is 1.89. The molecule has 0 aliphatic carbocycles. The second-order valence-corrected chi connectivity index (χ2v) is 3.00. The van der Waals surface area contributed by atoms with Gasteiger partial charge in [0.15, 0.2) is 0 Å². The molecule has 0 radical (unpaired) electrons. The number of carbonyl (C=O) groups is 2. The molecule has 4 heteroatoms. The average Bonchev–Trinajstić information content (AvgIpc) is 1.99. The molecule has 0 saturated carbocycles. The Hall–Kier alpha value is -1.06. The third-order valence-electron chi connectivity index (χ3n) is 1.89. The quantitative estimate of drug-likeness (QED) is 0.647. The zero-order valence-corrected chi connectivity index (χ0v) is 7.59. The van der Waals surface area contributed by atoms with Gasteiger partial charge in [-0.15, -0.1) is 0 Å². The second kappa shape index (κ2) is 4.09. The highest BCUT2D eigenvalue weighted by Gasteiger charge is 2.32. The van der Waals surface area contributed by atoms with Gasteiger partial charge >= 0.3 is 11.9 Å². The Balaban J connectivity index is 4.15. The monoisotopic (exact) mass is 174 g/mol. The zero-order chi connectivity index (χ0) is 9.78. The van der Waals surface area contributed by atoms with Crippen molar-refractivity contribution in [1.82, 2.24) is 0 Å². The molecule has 1 unspecified atom stereocenters. The van der Waals surface area contributed by atoms with E-state index < -0.39 is 17.4 Å². The van der Waals surface area contributed by atoms with Gasteiger partial charge in [0, 0.05) is 6.92 Å². The van der Waals surface area contributed by atoms with Gasteiger partial charge in [0.05, 0.1) is 5.41 Å². The maximum absolute atomic E-state index is 10.7. The Labute approximate surface area is 71.5 Å². The van der Waals surface area contributed by atoms with E-state index in [2.05, 4.69) is 4.74 Å². The lowest BCUT2D eigenvalue weighted by molar-refractivity contribution is -0.157. The molecule has 0 heterocycles. The van der Waals surface area contributed by atoms with E-state index in [-0.39, 0.29) is 6.61 Å². The maximum atomic E-state index is 10.7. The highest BCUT2D eigenvalue weighted by Crippen LogP contribution is 2.21. The van der Waals surface area contributed by atoms with Crippen molar-refractivity contribution in [2.75, 3.05) is 6.61 Å². The molecule has 0 bridgehead atoms. The van der Waals surface area contributed by atoms with Gasteiger partial charge in [-0.25, -0.2) is 0 Å². The molecule has 0 amide bonds. The molecule has 0 aromatic carbocycles. The van der Waals surface area contributed by atoms with Gasteiger partial charge in [-0.1, -0.05) is 6.92 Å². The fraction of sp³-hybridized carbons (Fsp3) is 0.750. The number of ether oxygens (including phenoxy) is 1. The SMILES string of the molecule is CCC(C)(COC(C)=O)C(=O)O. The summed E-state index contributed by atoms with van der Waals surface area (Å²) in [6.07, 6.45) is 0.440. The zero-order valence-electron chi connectivity index (χ0n) is 7.59.